The number of rotatable bonds is 7. The van der Waals surface area contributed by atoms with E-state index < -0.39 is 0 Å². The third kappa shape index (κ3) is 9.03. The molecule has 1 amide bonds. The third-order valence-corrected chi connectivity index (χ3v) is 3.21. The molecule has 9 heteroatoms. The zero-order chi connectivity index (χ0) is 18.2. The Labute approximate surface area is 167 Å². The van der Waals surface area contributed by atoms with Crippen LogP contribution in [0.15, 0.2) is 11.3 Å². The molecule has 1 aromatic rings. The molecule has 0 radical (unpaired) electrons. The molecular formula is C16H32IN7O. The summed E-state index contributed by atoms with van der Waals surface area (Å²) < 4.78 is 2.00. The van der Waals surface area contributed by atoms with E-state index in [1.54, 1.807) is 6.33 Å². The van der Waals surface area contributed by atoms with Gasteiger partial charge in [-0.05, 0) is 27.7 Å². The summed E-state index contributed by atoms with van der Waals surface area (Å²) in [4.78, 5) is 18.5. The van der Waals surface area contributed by atoms with Gasteiger partial charge in [0.1, 0.15) is 12.2 Å². The summed E-state index contributed by atoms with van der Waals surface area (Å²) in [7, 11) is 1.86. The highest BCUT2D eigenvalue weighted by molar-refractivity contribution is 14.0. The molecule has 0 aromatic carbocycles. The van der Waals surface area contributed by atoms with Crippen LogP contribution in [0.4, 0.5) is 0 Å². The number of aromatic nitrogens is 3. The minimum absolute atomic E-state index is 0. The fourth-order valence-electron chi connectivity index (χ4n) is 2.22. The topological polar surface area (TPSA) is 87.4 Å². The van der Waals surface area contributed by atoms with E-state index in [0.29, 0.717) is 19.0 Å². The number of aryl methyl sites for hydroxylation is 1. The minimum atomic E-state index is -0.238. The molecule has 2 N–H and O–H groups in total. The van der Waals surface area contributed by atoms with Crippen LogP contribution < -0.4 is 10.6 Å². The van der Waals surface area contributed by atoms with Crippen molar-refractivity contribution in [2.75, 3.05) is 26.7 Å². The molecule has 0 fully saturated rings. The van der Waals surface area contributed by atoms with Crippen LogP contribution in [0.5, 0.6) is 0 Å². The second-order valence-electron chi connectivity index (χ2n) is 6.68. The molecule has 0 unspecified atom stereocenters. The SMILES string of the molecule is CCNC(=NCCn1cnnc1CC)N(C)CC(=O)NC(C)(C)C.I. The van der Waals surface area contributed by atoms with E-state index in [-0.39, 0.29) is 42.0 Å². The second-order valence-corrected chi connectivity index (χ2v) is 6.68. The van der Waals surface area contributed by atoms with E-state index in [2.05, 4.69) is 32.7 Å². The Morgan fingerprint density at radius 1 is 1.36 bits per heavy atom. The van der Waals surface area contributed by atoms with Crippen molar-refractivity contribution in [3.63, 3.8) is 0 Å². The Morgan fingerprint density at radius 2 is 2.04 bits per heavy atom. The van der Waals surface area contributed by atoms with E-state index in [0.717, 1.165) is 18.8 Å². The monoisotopic (exact) mass is 465 g/mol. The number of likely N-dealkylation sites (N-methyl/N-ethyl adjacent to an activating group) is 1. The first-order chi connectivity index (χ1) is 11.3. The van der Waals surface area contributed by atoms with Crippen molar-refractivity contribution in [2.24, 2.45) is 4.99 Å². The predicted molar refractivity (Wildman–Crippen MR) is 111 cm³/mol. The number of hydrogen-bond donors (Lipinski definition) is 2. The number of halogens is 1. The van der Waals surface area contributed by atoms with E-state index in [9.17, 15) is 4.79 Å². The van der Waals surface area contributed by atoms with E-state index in [1.165, 1.54) is 0 Å². The second kappa shape index (κ2) is 11.3. The van der Waals surface area contributed by atoms with Gasteiger partial charge in [0.05, 0.1) is 13.1 Å². The lowest BCUT2D eigenvalue weighted by Crippen LogP contribution is -2.48. The van der Waals surface area contributed by atoms with Gasteiger partial charge < -0.3 is 20.1 Å². The average Bonchev–Trinajstić information content (AvgIpc) is 2.91. The lowest BCUT2D eigenvalue weighted by molar-refractivity contribution is -0.122. The number of carbonyl (C=O) groups is 1. The van der Waals surface area contributed by atoms with E-state index in [1.807, 2.05) is 44.2 Å². The summed E-state index contributed by atoms with van der Waals surface area (Å²) in [6.45, 7) is 12.3. The Morgan fingerprint density at radius 3 is 2.60 bits per heavy atom. The summed E-state index contributed by atoms with van der Waals surface area (Å²) in [5.74, 6) is 1.64. The van der Waals surface area contributed by atoms with Gasteiger partial charge in [0.25, 0.3) is 0 Å². The van der Waals surface area contributed by atoms with Gasteiger partial charge in [0.2, 0.25) is 5.91 Å². The van der Waals surface area contributed by atoms with Crippen LogP contribution in [0.2, 0.25) is 0 Å². The first-order valence-corrected chi connectivity index (χ1v) is 8.44. The number of nitrogens with one attached hydrogen (secondary N) is 2. The Bertz CT molecular complexity index is 551. The molecule has 0 saturated heterocycles. The molecule has 0 aliphatic heterocycles. The Balaban J connectivity index is 0.00000576. The van der Waals surface area contributed by atoms with Crippen LogP contribution in [0.3, 0.4) is 0 Å². The fraction of sp³-hybridized carbons (Fsp3) is 0.750. The Hall–Kier alpha value is -1.39. The molecule has 0 spiro atoms. The standard InChI is InChI=1S/C16H31N7O.HI/c1-7-13-21-19-12-23(13)10-9-18-15(17-8-2)22(6)11-14(24)20-16(3,4)5;/h12H,7-11H2,1-6H3,(H,17,18)(H,20,24);1H. The van der Waals surface area contributed by atoms with Crippen LogP contribution in [-0.4, -0.2) is 63.8 Å². The molecule has 1 heterocycles. The number of guanidine groups is 1. The maximum atomic E-state index is 12.1. The third-order valence-electron chi connectivity index (χ3n) is 3.21. The van der Waals surface area contributed by atoms with Crippen molar-refractivity contribution >= 4 is 35.8 Å². The molecule has 8 nitrogen and oxygen atoms in total. The van der Waals surface area contributed by atoms with Crippen LogP contribution >= 0.6 is 24.0 Å². The molecule has 0 atom stereocenters. The molecular weight excluding hydrogens is 433 g/mol. The maximum absolute atomic E-state index is 12.1. The zero-order valence-corrected chi connectivity index (χ0v) is 18.5. The van der Waals surface area contributed by atoms with Gasteiger partial charge >= 0.3 is 0 Å². The van der Waals surface area contributed by atoms with Gasteiger partial charge in [0.15, 0.2) is 5.96 Å². The number of aliphatic imine (C=N–C) groups is 1. The van der Waals surface area contributed by atoms with Crippen molar-refractivity contribution in [1.82, 2.24) is 30.3 Å². The van der Waals surface area contributed by atoms with Gasteiger partial charge in [-0.25, -0.2) is 0 Å². The van der Waals surface area contributed by atoms with E-state index >= 15 is 0 Å². The zero-order valence-electron chi connectivity index (χ0n) is 16.2. The Kier molecular flexibility index (Phi) is 10.6. The number of hydrogen-bond acceptors (Lipinski definition) is 4. The molecule has 144 valence electrons. The largest absolute Gasteiger partial charge is 0.357 e. The van der Waals surface area contributed by atoms with Gasteiger partial charge in [-0.1, -0.05) is 6.92 Å². The van der Waals surface area contributed by atoms with Crippen LogP contribution in [-0.2, 0) is 17.8 Å². The van der Waals surface area contributed by atoms with Crippen molar-refractivity contribution in [2.45, 2.75) is 53.1 Å². The summed E-state index contributed by atoms with van der Waals surface area (Å²) in [6.07, 6.45) is 2.57. The smallest absolute Gasteiger partial charge is 0.240 e. The summed E-state index contributed by atoms with van der Waals surface area (Å²) >= 11 is 0. The molecule has 0 saturated carbocycles. The maximum Gasteiger partial charge on any atom is 0.240 e. The van der Waals surface area contributed by atoms with Crippen LogP contribution in [0.25, 0.3) is 0 Å². The highest BCUT2D eigenvalue weighted by Gasteiger charge is 2.16. The molecule has 1 rings (SSSR count). The number of amides is 1. The van der Waals surface area contributed by atoms with Gasteiger partial charge in [0, 0.05) is 32.1 Å². The number of nitrogens with zero attached hydrogens (tertiary/aromatic N) is 5. The molecule has 25 heavy (non-hydrogen) atoms. The van der Waals surface area contributed by atoms with Crippen LogP contribution in [0, 0.1) is 0 Å². The van der Waals surface area contributed by atoms with Gasteiger partial charge in [-0.15, -0.1) is 34.2 Å². The lowest BCUT2D eigenvalue weighted by Gasteiger charge is -2.25. The molecule has 0 aliphatic rings. The molecule has 0 aliphatic carbocycles. The lowest BCUT2D eigenvalue weighted by atomic mass is 10.1. The average molecular weight is 465 g/mol. The van der Waals surface area contributed by atoms with Gasteiger partial charge in [-0.3, -0.25) is 9.79 Å². The molecule has 0 bridgehead atoms. The first kappa shape index (κ1) is 23.6. The van der Waals surface area contributed by atoms with Crippen molar-refractivity contribution < 1.29 is 4.79 Å². The number of carbonyl (C=O) groups excluding carboxylic acids is 1. The quantitative estimate of drug-likeness (QED) is 0.360. The summed E-state index contributed by atoms with van der Waals surface area (Å²) in [5.41, 5.74) is -0.238. The van der Waals surface area contributed by atoms with Crippen LogP contribution in [0.1, 0.15) is 40.4 Å². The fourth-order valence-corrected chi connectivity index (χ4v) is 2.22. The van der Waals surface area contributed by atoms with Crippen molar-refractivity contribution in [1.29, 1.82) is 0 Å². The summed E-state index contributed by atoms with van der Waals surface area (Å²) in [6, 6.07) is 0. The first-order valence-electron chi connectivity index (χ1n) is 8.44. The summed E-state index contributed by atoms with van der Waals surface area (Å²) in [5, 5.41) is 14.2. The predicted octanol–water partition coefficient (Wildman–Crippen LogP) is 1.27. The van der Waals surface area contributed by atoms with Crippen molar-refractivity contribution in [3.05, 3.63) is 12.2 Å². The highest BCUT2D eigenvalue weighted by Crippen LogP contribution is 1.99. The minimum Gasteiger partial charge on any atom is -0.357 e. The molecule has 1 aromatic heterocycles. The van der Waals surface area contributed by atoms with Gasteiger partial charge in [-0.2, -0.15) is 0 Å². The normalized spacial score (nSPS) is 11.7. The highest BCUT2D eigenvalue weighted by atomic mass is 127. The van der Waals surface area contributed by atoms with Crippen molar-refractivity contribution in [3.8, 4) is 0 Å². The van der Waals surface area contributed by atoms with E-state index in [4.69, 9.17) is 0 Å².